The van der Waals surface area contributed by atoms with Crippen molar-refractivity contribution in [1.29, 1.82) is 0 Å². The second kappa shape index (κ2) is 4.12. The van der Waals surface area contributed by atoms with Gasteiger partial charge in [0, 0.05) is 29.1 Å². The number of ether oxygens (including phenoxy) is 1. The molecule has 1 saturated carbocycles. The fourth-order valence-corrected chi connectivity index (χ4v) is 7.38. The number of rotatable bonds is 2. The Morgan fingerprint density at radius 1 is 1.32 bits per heavy atom. The first-order valence-corrected chi connectivity index (χ1v) is 9.55. The monoisotopic (exact) mass is 336 g/mol. The van der Waals surface area contributed by atoms with Gasteiger partial charge < -0.3 is 9.64 Å². The molecule has 0 aromatic heterocycles. The summed E-state index contributed by atoms with van der Waals surface area (Å²) in [5.41, 5.74) is 2.44. The third kappa shape index (κ3) is 1.25. The summed E-state index contributed by atoms with van der Waals surface area (Å²) in [7, 11) is 1.55. The predicted octanol–water partition coefficient (Wildman–Crippen LogP) is 2.48. The summed E-state index contributed by atoms with van der Waals surface area (Å²) in [5, 5.41) is 0. The molecule has 0 unspecified atom stereocenters. The lowest BCUT2D eigenvalue weighted by Crippen LogP contribution is -2.63. The smallest absolute Gasteiger partial charge is 0.333 e. The number of carbonyl (C=O) groups excluding carboxylic acids is 1. The molecular formula is C21H24N2O2. The zero-order chi connectivity index (χ0) is 17.0. The molecule has 0 N–H and O–H groups in total. The molecule has 1 aromatic carbocycles. The van der Waals surface area contributed by atoms with Crippen molar-refractivity contribution in [2.75, 3.05) is 25.1 Å². The largest absolute Gasteiger partial charge is 0.467 e. The van der Waals surface area contributed by atoms with Crippen molar-refractivity contribution in [1.82, 2.24) is 4.90 Å². The van der Waals surface area contributed by atoms with Crippen LogP contribution >= 0.6 is 0 Å². The number of esters is 1. The van der Waals surface area contributed by atoms with Crippen molar-refractivity contribution >= 4 is 11.7 Å². The van der Waals surface area contributed by atoms with Crippen LogP contribution in [-0.2, 0) is 14.9 Å². The van der Waals surface area contributed by atoms with E-state index in [-0.39, 0.29) is 22.8 Å². The van der Waals surface area contributed by atoms with Gasteiger partial charge in [0.1, 0.15) is 0 Å². The average molecular weight is 336 g/mol. The first-order valence-electron chi connectivity index (χ1n) is 9.55. The van der Waals surface area contributed by atoms with Gasteiger partial charge in [-0.25, -0.2) is 4.79 Å². The van der Waals surface area contributed by atoms with Gasteiger partial charge in [0.25, 0.3) is 0 Å². The molecule has 4 nitrogen and oxygen atoms in total. The Hall–Kier alpha value is -1.81. The van der Waals surface area contributed by atoms with Crippen LogP contribution in [0.1, 0.15) is 31.7 Å². The standard InChI is InChI=1S/C21H24N2O2/c1-3-19-9-6-11-22-12-10-20(16(19)22)14-7-4-5-8-15(14)23-17(20)21(23,13-19)18(24)25-2/h4-9,16-17H,3,10-13H2,1-2H3/t16-,17+,19+,20+,21+,23?/m0/s1. The Morgan fingerprint density at radius 2 is 2.16 bits per heavy atom. The first-order chi connectivity index (χ1) is 12.2. The van der Waals surface area contributed by atoms with Crippen LogP contribution in [-0.4, -0.2) is 48.7 Å². The molecule has 6 rings (SSSR count). The van der Waals surface area contributed by atoms with Crippen LogP contribution < -0.4 is 4.90 Å². The van der Waals surface area contributed by atoms with E-state index in [0.717, 1.165) is 32.4 Å². The molecule has 1 aliphatic carbocycles. The van der Waals surface area contributed by atoms with E-state index in [9.17, 15) is 4.79 Å². The molecule has 130 valence electrons. The van der Waals surface area contributed by atoms with Crippen LogP contribution in [0.5, 0.6) is 0 Å². The van der Waals surface area contributed by atoms with Crippen molar-refractivity contribution in [3.05, 3.63) is 42.0 Å². The van der Waals surface area contributed by atoms with Gasteiger partial charge in [-0.2, -0.15) is 0 Å². The van der Waals surface area contributed by atoms with E-state index in [2.05, 4.69) is 53.1 Å². The number of benzene rings is 1. The lowest BCUT2D eigenvalue weighted by atomic mass is 9.51. The van der Waals surface area contributed by atoms with E-state index in [0.29, 0.717) is 6.04 Å². The van der Waals surface area contributed by atoms with Crippen LogP contribution in [0.3, 0.4) is 0 Å². The molecule has 0 radical (unpaired) electrons. The van der Waals surface area contributed by atoms with Crippen molar-refractivity contribution < 1.29 is 9.53 Å². The van der Waals surface area contributed by atoms with Gasteiger partial charge in [-0.3, -0.25) is 4.90 Å². The third-order valence-corrected chi connectivity index (χ3v) is 8.02. The van der Waals surface area contributed by atoms with Crippen LogP contribution in [0.25, 0.3) is 0 Å². The SMILES string of the molecule is CC[C@@]12C=CCN3CC[C@@]4(c5ccccc5N5[C@H]4[C@@]5(C(=O)OC)C1)[C@@H]32. The number of nitrogens with zero attached hydrogens (tertiary/aromatic N) is 2. The summed E-state index contributed by atoms with van der Waals surface area (Å²) in [6.07, 6.45) is 7.90. The number of hydrogen-bond donors (Lipinski definition) is 0. The normalized spacial score (nSPS) is 45.0. The van der Waals surface area contributed by atoms with Crippen LogP contribution in [0.15, 0.2) is 36.4 Å². The van der Waals surface area contributed by atoms with E-state index >= 15 is 0 Å². The average Bonchev–Trinajstić information content (AvgIpc) is 3.02. The van der Waals surface area contributed by atoms with Crippen molar-refractivity contribution in [2.24, 2.45) is 5.41 Å². The minimum absolute atomic E-state index is 0.0323. The van der Waals surface area contributed by atoms with Crippen molar-refractivity contribution in [3.8, 4) is 0 Å². The molecule has 4 aliphatic heterocycles. The molecule has 0 bridgehead atoms. The van der Waals surface area contributed by atoms with E-state index in [1.165, 1.54) is 11.3 Å². The number of anilines is 1. The lowest BCUT2D eigenvalue weighted by Gasteiger charge is -2.55. The molecule has 1 aromatic rings. The molecule has 1 spiro atoms. The molecule has 5 aliphatic rings. The Balaban J connectivity index is 1.67. The van der Waals surface area contributed by atoms with Gasteiger partial charge in [-0.1, -0.05) is 37.3 Å². The second-order valence-corrected chi connectivity index (χ2v) is 8.56. The molecule has 0 amide bonds. The number of hydrogen-bond acceptors (Lipinski definition) is 4. The van der Waals surface area contributed by atoms with Gasteiger partial charge in [0.2, 0.25) is 0 Å². The predicted molar refractivity (Wildman–Crippen MR) is 95.6 cm³/mol. The molecule has 2 saturated heterocycles. The Bertz CT molecular complexity index is 835. The third-order valence-electron chi connectivity index (χ3n) is 8.02. The fourth-order valence-electron chi connectivity index (χ4n) is 7.38. The van der Waals surface area contributed by atoms with Gasteiger partial charge in [0.05, 0.1) is 13.2 Å². The van der Waals surface area contributed by atoms with Crippen molar-refractivity contribution in [2.45, 2.75) is 49.2 Å². The fraction of sp³-hybridized carbons (Fsp3) is 0.571. The number of methoxy groups -OCH3 is 1. The minimum Gasteiger partial charge on any atom is -0.467 e. The molecule has 4 heterocycles. The van der Waals surface area contributed by atoms with Crippen LogP contribution in [0, 0.1) is 5.41 Å². The highest BCUT2D eigenvalue weighted by atomic mass is 16.5. The Labute approximate surface area is 148 Å². The summed E-state index contributed by atoms with van der Waals surface area (Å²) < 4.78 is 5.36. The second-order valence-electron chi connectivity index (χ2n) is 8.56. The highest BCUT2D eigenvalue weighted by Gasteiger charge is 2.87. The number of para-hydroxylation sites is 1. The maximum atomic E-state index is 13.0. The van der Waals surface area contributed by atoms with E-state index in [4.69, 9.17) is 4.74 Å². The highest BCUT2D eigenvalue weighted by molar-refractivity contribution is 5.99. The number of carbonyl (C=O) groups is 1. The first kappa shape index (κ1) is 14.4. The van der Waals surface area contributed by atoms with Gasteiger partial charge in [0.15, 0.2) is 5.54 Å². The van der Waals surface area contributed by atoms with Gasteiger partial charge in [-0.05, 0) is 37.4 Å². The summed E-state index contributed by atoms with van der Waals surface area (Å²) in [6.45, 7) is 4.48. The molecule has 5 atom stereocenters. The summed E-state index contributed by atoms with van der Waals surface area (Å²) in [4.78, 5) is 18.1. The van der Waals surface area contributed by atoms with Gasteiger partial charge in [-0.15, -0.1) is 0 Å². The molecule has 4 heteroatoms. The topological polar surface area (TPSA) is 32.5 Å². The lowest BCUT2D eigenvalue weighted by molar-refractivity contribution is -0.146. The number of fused-ring (bicyclic) bond motifs is 3. The van der Waals surface area contributed by atoms with E-state index < -0.39 is 5.54 Å². The molecule has 25 heavy (non-hydrogen) atoms. The van der Waals surface area contributed by atoms with E-state index in [1.54, 1.807) is 7.11 Å². The van der Waals surface area contributed by atoms with Crippen LogP contribution in [0.4, 0.5) is 5.69 Å². The maximum Gasteiger partial charge on any atom is 0.333 e. The zero-order valence-electron chi connectivity index (χ0n) is 14.9. The van der Waals surface area contributed by atoms with Gasteiger partial charge >= 0.3 is 5.97 Å². The maximum absolute atomic E-state index is 13.0. The quantitative estimate of drug-likeness (QED) is 0.472. The summed E-state index contributed by atoms with van der Waals surface area (Å²) >= 11 is 0. The Kier molecular flexibility index (Phi) is 2.37. The summed E-state index contributed by atoms with van der Waals surface area (Å²) in [6, 6.07) is 9.59. The summed E-state index contributed by atoms with van der Waals surface area (Å²) in [5.74, 6) is -0.0323. The zero-order valence-corrected chi connectivity index (χ0v) is 14.9. The van der Waals surface area contributed by atoms with E-state index in [1.807, 2.05) is 0 Å². The molecule has 3 fully saturated rings. The highest BCUT2D eigenvalue weighted by Crippen LogP contribution is 2.76. The Morgan fingerprint density at radius 3 is 2.96 bits per heavy atom. The van der Waals surface area contributed by atoms with Crippen molar-refractivity contribution in [3.63, 3.8) is 0 Å². The molecular weight excluding hydrogens is 312 g/mol. The minimum atomic E-state index is -0.451. The van der Waals surface area contributed by atoms with Crippen LogP contribution in [0.2, 0.25) is 0 Å².